The maximum Gasteiger partial charge on any atom is 0.241 e. The quantitative estimate of drug-likeness (QED) is 0.612. The third-order valence-electron chi connectivity index (χ3n) is 8.51. The van der Waals surface area contributed by atoms with Crippen LogP contribution in [0.2, 0.25) is 0 Å². The highest BCUT2D eigenvalue weighted by molar-refractivity contribution is 5.88. The number of rotatable bonds is 6. The second-order valence-electron chi connectivity index (χ2n) is 10.4. The largest absolute Gasteiger partial charge is 0.489 e. The maximum atomic E-state index is 13.1. The van der Waals surface area contributed by atoms with E-state index < -0.39 is 5.91 Å². The zero-order chi connectivity index (χ0) is 23.0. The molecule has 0 unspecified atom stereocenters. The number of allylic oxidation sites excluding steroid dienone is 1. The molecule has 0 aliphatic heterocycles. The van der Waals surface area contributed by atoms with Crippen molar-refractivity contribution in [1.82, 2.24) is 0 Å². The molecule has 2 fully saturated rings. The first-order valence-corrected chi connectivity index (χ1v) is 12.2. The number of ether oxygens (including phenoxy) is 1. The van der Waals surface area contributed by atoms with Crippen molar-refractivity contribution in [2.24, 2.45) is 28.9 Å². The van der Waals surface area contributed by atoms with E-state index in [1.165, 1.54) is 22.8 Å². The van der Waals surface area contributed by atoms with Gasteiger partial charge >= 0.3 is 0 Å². The molecule has 0 aromatic heterocycles. The molecular weight excluding hydrogens is 410 g/mol. The zero-order valence-corrected chi connectivity index (χ0v) is 19.3. The van der Waals surface area contributed by atoms with E-state index in [0.717, 1.165) is 37.9 Å². The summed E-state index contributed by atoms with van der Waals surface area (Å²) in [5.41, 5.74) is 9.09. The molecule has 0 radical (unpaired) electrons. The molecule has 5 rings (SSSR count). The van der Waals surface area contributed by atoms with Gasteiger partial charge in [0.15, 0.2) is 0 Å². The Labute approximate surface area is 196 Å². The number of Topliss-reactive ketones (excluding diaryl/α,β-unsaturated/α-hetero) is 1. The molecule has 4 nitrogen and oxygen atoms in total. The molecule has 1 amide bonds. The Morgan fingerprint density at radius 2 is 2.00 bits per heavy atom. The molecule has 2 saturated carbocycles. The molecule has 2 aromatic carbocycles. The minimum Gasteiger partial charge on any atom is -0.489 e. The van der Waals surface area contributed by atoms with Gasteiger partial charge in [-0.2, -0.15) is 0 Å². The van der Waals surface area contributed by atoms with Gasteiger partial charge in [-0.3, -0.25) is 9.59 Å². The number of benzene rings is 2. The van der Waals surface area contributed by atoms with Crippen LogP contribution in [0.1, 0.15) is 61.6 Å². The van der Waals surface area contributed by atoms with Crippen LogP contribution in [0.3, 0.4) is 0 Å². The highest BCUT2D eigenvalue weighted by Crippen LogP contribution is 2.62. The molecule has 3 aliphatic rings. The van der Waals surface area contributed by atoms with Crippen molar-refractivity contribution in [3.8, 4) is 5.75 Å². The van der Waals surface area contributed by atoms with Crippen LogP contribution in [0.4, 0.5) is 0 Å². The second kappa shape index (κ2) is 8.81. The monoisotopic (exact) mass is 443 g/mol. The van der Waals surface area contributed by atoms with Crippen molar-refractivity contribution >= 4 is 11.7 Å². The fourth-order valence-corrected chi connectivity index (χ4v) is 7.02. The van der Waals surface area contributed by atoms with Gasteiger partial charge in [-0.1, -0.05) is 49.4 Å². The molecule has 33 heavy (non-hydrogen) atoms. The Hall–Kier alpha value is -2.88. The van der Waals surface area contributed by atoms with E-state index in [-0.39, 0.29) is 5.41 Å². The van der Waals surface area contributed by atoms with E-state index in [2.05, 4.69) is 37.3 Å². The van der Waals surface area contributed by atoms with E-state index in [1.807, 2.05) is 24.3 Å². The predicted octanol–water partition coefficient (Wildman–Crippen LogP) is 5.35. The lowest BCUT2D eigenvalue weighted by Gasteiger charge is -2.50. The minimum atomic E-state index is -0.416. The number of aryl methyl sites for hydroxylation is 1. The van der Waals surface area contributed by atoms with Crippen molar-refractivity contribution in [3.63, 3.8) is 0 Å². The fourth-order valence-electron chi connectivity index (χ4n) is 7.02. The molecule has 2 aromatic rings. The molecule has 4 heteroatoms. The topological polar surface area (TPSA) is 69.4 Å². The van der Waals surface area contributed by atoms with Crippen LogP contribution in [-0.2, 0) is 22.6 Å². The summed E-state index contributed by atoms with van der Waals surface area (Å²) in [6.45, 7) is 2.78. The van der Waals surface area contributed by atoms with Crippen LogP contribution in [0.15, 0.2) is 60.7 Å². The molecule has 3 aliphatic carbocycles. The van der Waals surface area contributed by atoms with Gasteiger partial charge in [-0.15, -0.1) is 0 Å². The Bertz CT molecular complexity index is 1080. The Morgan fingerprint density at radius 1 is 1.18 bits per heavy atom. The summed E-state index contributed by atoms with van der Waals surface area (Å²) in [6, 6.07) is 16.9. The Balaban J connectivity index is 1.35. The highest BCUT2D eigenvalue weighted by Gasteiger charge is 2.58. The summed E-state index contributed by atoms with van der Waals surface area (Å²) in [4.78, 5) is 24.2. The Morgan fingerprint density at radius 3 is 2.79 bits per heavy atom. The SMILES string of the molecule is C[C@]12CC[C@@H]3c4ccc(OCc5ccccc5)cc4CC[C@H]3[C@@H]1[C@@H](C/C=C/C(N)=O)CC2=O. The van der Waals surface area contributed by atoms with Gasteiger partial charge in [0, 0.05) is 11.8 Å². The van der Waals surface area contributed by atoms with Gasteiger partial charge in [0.2, 0.25) is 5.91 Å². The fraction of sp³-hybridized carbons (Fsp3) is 0.448. The van der Waals surface area contributed by atoms with Gasteiger partial charge in [-0.05, 0) is 90.7 Å². The second-order valence-corrected chi connectivity index (χ2v) is 10.4. The van der Waals surface area contributed by atoms with Gasteiger partial charge in [0.1, 0.15) is 18.1 Å². The number of fused-ring (bicyclic) bond motifs is 5. The van der Waals surface area contributed by atoms with Crippen molar-refractivity contribution in [2.45, 2.75) is 58.0 Å². The summed E-state index contributed by atoms with van der Waals surface area (Å²) < 4.78 is 6.08. The number of carbonyl (C=O) groups excluding carboxylic acids is 2. The summed E-state index contributed by atoms with van der Waals surface area (Å²) in [6.07, 6.45) is 8.90. The Kier molecular flexibility index (Phi) is 5.86. The summed E-state index contributed by atoms with van der Waals surface area (Å²) in [7, 11) is 0. The molecule has 0 bridgehead atoms. The van der Waals surface area contributed by atoms with Gasteiger partial charge < -0.3 is 10.5 Å². The minimum absolute atomic E-state index is 0.220. The van der Waals surface area contributed by atoms with Crippen LogP contribution in [0.25, 0.3) is 0 Å². The number of carbonyl (C=O) groups is 2. The highest BCUT2D eigenvalue weighted by atomic mass is 16.5. The molecule has 0 saturated heterocycles. The van der Waals surface area contributed by atoms with Gasteiger partial charge in [0.25, 0.3) is 0 Å². The van der Waals surface area contributed by atoms with E-state index in [9.17, 15) is 9.59 Å². The van der Waals surface area contributed by atoms with Gasteiger partial charge in [-0.25, -0.2) is 0 Å². The molecule has 2 N–H and O–H groups in total. The smallest absolute Gasteiger partial charge is 0.241 e. The lowest BCUT2D eigenvalue weighted by molar-refractivity contribution is -0.129. The van der Waals surface area contributed by atoms with Crippen molar-refractivity contribution in [1.29, 1.82) is 0 Å². The average molecular weight is 444 g/mol. The van der Waals surface area contributed by atoms with Crippen LogP contribution in [-0.4, -0.2) is 11.7 Å². The maximum absolute atomic E-state index is 13.1. The van der Waals surface area contributed by atoms with Crippen LogP contribution in [0.5, 0.6) is 5.75 Å². The number of primary amides is 1. The molecule has 0 heterocycles. The summed E-state index contributed by atoms with van der Waals surface area (Å²) in [5.74, 6) is 2.64. The van der Waals surface area contributed by atoms with E-state index in [1.54, 1.807) is 0 Å². The first-order valence-electron chi connectivity index (χ1n) is 12.2. The number of nitrogens with two attached hydrogens (primary N) is 1. The molecule has 0 spiro atoms. The number of hydrogen-bond acceptors (Lipinski definition) is 3. The van der Waals surface area contributed by atoms with Crippen molar-refractivity contribution < 1.29 is 14.3 Å². The number of hydrogen-bond donors (Lipinski definition) is 1. The summed E-state index contributed by atoms with van der Waals surface area (Å²) >= 11 is 0. The third-order valence-corrected chi connectivity index (χ3v) is 8.51. The summed E-state index contributed by atoms with van der Waals surface area (Å²) in [5, 5.41) is 0. The average Bonchev–Trinajstić information content (AvgIpc) is 3.07. The van der Waals surface area contributed by atoms with Crippen LogP contribution >= 0.6 is 0 Å². The zero-order valence-electron chi connectivity index (χ0n) is 19.3. The van der Waals surface area contributed by atoms with E-state index >= 15 is 0 Å². The lowest BCUT2D eigenvalue weighted by atomic mass is 9.54. The van der Waals surface area contributed by atoms with E-state index in [4.69, 9.17) is 10.5 Å². The molecule has 172 valence electrons. The normalized spacial score (nSPS) is 30.5. The number of amides is 1. The third kappa shape index (κ3) is 4.12. The molecular formula is C29H33NO3. The standard InChI is InChI=1S/C29H33NO3/c1-29-15-14-24-23-13-11-22(33-18-19-6-3-2-4-7-19)16-20(23)10-12-25(24)28(29)21(17-26(29)31)8-5-9-27(30)32/h2-7,9,11,13,16,21,24-25,28H,8,10,12,14-15,17-18H2,1H3,(H2,30,32)/b9-5+/t21-,24+,25+,28-,29+/m0/s1. The van der Waals surface area contributed by atoms with Gasteiger partial charge in [0.05, 0.1) is 0 Å². The first kappa shape index (κ1) is 21.9. The van der Waals surface area contributed by atoms with Crippen LogP contribution in [0, 0.1) is 23.2 Å². The first-order chi connectivity index (χ1) is 16.0. The van der Waals surface area contributed by atoms with E-state index in [0.29, 0.717) is 42.5 Å². The lowest BCUT2D eigenvalue weighted by Crippen LogP contribution is -2.44. The molecule has 5 atom stereocenters. The number of ketones is 1. The predicted molar refractivity (Wildman–Crippen MR) is 129 cm³/mol. The van der Waals surface area contributed by atoms with Crippen LogP contribution < -0.4 is 10.5 Å². The van der Waals surface area contributed by atoms with Crippen molar-refractivity contribution in [2.75, 3.05) is 0 Å². The van der Waals surface area contributed by atoms with Crippen molar-refractivity contribution in [3.05, 3.63) is 77.4 Å².